The van der Waals surface area contributed by atoms with E-state index in [9.17, 15) is 9.59 Å². The average Bonchev–Trinajstić information content (AvgIpc) is 2.22. The van der Waals surface area contributed by atoms with Gasteiger partial charge in [-0.25, -0.2) is 0 Å². The van der Waals surface area contributed by atoms with Crippen molar-refractivity contribution in [3.05, 3.63) is 35.4 Å². The highest BCUT2D eigenvalue weighted by atomic mass is 16.2. The molecule has 0 spiro atoms. The normalized spacial score (nSPS) is 9.12. The van der Waals surface area contributed by atoms with Crippen molar-refractivity contribution in [2.24, 2.45) is 0 Å². The predicted octanol–water partition coefficient (Wildman–Crippen LogP) is 1.19. The second kappa shape index (κ2) is 5.00. The van der Waals surface area contributed by atoms with Gasteiger partial charge in [0, 0.05) is 12.6 Å². The van der Waals surface area contributed by atoms with Crippen molar-refractivity contribution in [2.45, 2.75) is 13.8 Å². The molecule has 5 heteroatoms. The molecular formula is C11H11N3O2. The number of Topliss-reactive ketones (excluding diaryl/α,β-unsaturated/α-hetero) is 1. The molecule has 0 aromatic heterocycles. The number of nitrogens with zero attached hydrogens (tertiary/aromatic N) is 2. The number of carbonyl (C=O) groups excluding carboxylic acids is 2. The molecule has 0 aliphatic heterocycles. The zero-order chi connectivity index (χ0) is 12.1. The maximum absolute atomic E-state index is 11.5. The summed E-state index contributed by atoms with van der Waals surface area (Å²) in [7, 11) is 0. The fraction of sp³-hybridized carbons (Fsp3) is 0.182. The molecule has 1 aromatic rings. The van der Waals surface area contributed by atoms with E-state index in [-0.39, 0.29) is 0 Å². The van der Waals surface area contributed by atoms with E-state index < -0.39 is 17.4 Å². The Balaban J connectivity index is 2.92. The lowest BCUT2D eigenvalue weighted by Crippen LogP contribution is -2.29. The van der Waals surface area contributed by atoms with E-state index >= 15 is 0 Å². The summed E-state index contributed by atoms with van der Waals surface area (Å²) >= 11 is 0. The Labute approximate surface area is 92.7 Å². The molecule has 0 atom stereocenters. The van der Waals surface area contributed by atoms with Gasteiger partial charge in [0.25, 0.3) is 0 Å². The fourth-order valence-corrected chi connectivity index (χ4v) is 1.17. The number of rotatable bonds is 3. The smallest absolute Gasteiger partial charge is 0.360 e. The second-order valence-electron chi connectivity index (χ2n) is 3.27. The van der Waals surface area contributed by atoms with Crippen molar-refractivity contribution in [1.82, 2.24) is 0 Å². The van der Waals surface area contributed by atoms with E-state index in [0.717, 1.165) is 12.5 Å². The summed E-state index contributed by atoms with van der Waals surface area (Å²) in [5.41, 5.74) is 9.45. The van der Waals surface area contributed by atoms with Crippen molar-refractivity contribution < 1.29 is 14.4 Å². The van der Waals surface area contributed by atoms with Crippen molar-refractivity contribution in [1.29, 1.82) is 0 Å². The first-order chi connectivity index (χ1) is 7.56. The van der Waals surface area contributed by atoms with Crippen molar-refractivity contribution in [3.63, 3.8) is 0 Å². The number of ketones is 1. The van der Waals surface area contributed by atoms with Gasteiger partial charge < -0.3 is 10.8 Å². The van der Waals surface area contributed by atoms with E-state index in [1.807, 2.05) is 19.1 Å². The Morgan fingerprint density at radius 2 is 1.94 bits per heavy atom. The van der Waals surface area contributed by atoms with Gasteiger partial charge in [0.2, 0.25) is 5.78 Å². The zero-order valence-corrected chi connectivity index (χ0v) is 9.02. The number of anilines is 1. The minimum absolute atomic E-state index is 0.511. The van der Waals surface area contributed by atoms with Crippen LogP contribution in [0.1, 0.15) is 12.5 Å². The lowest BCUT2D eigenvalue weighted by molar-refractivity contribution is -0.121. The van der Waals surface area contributed by atoms with Crippen LogP contribution in [-0.2, 0) is 9.59 Å². The van der Waals surface area contributed by atoms with Crippen LogP contribution in [0.3, 0.4) is 0 Å². The molecule has 0 unspecified atom stereocenters. The number of nitrogens with one attached hydrogen (secondary N) is 1. The van der Waals surface area contributed by atoms with Crippen molar-refractivity contribution >= 4 is 23.1 Å². The molecule has 0 fully saturated rings. The van der Waals surface area contributed by atoms with Crippen molar-refractivity contribution in [3.8, 4) is 0 Å². The maximum Gasteiger partial charge on any atom is 0.421 e. The first-order valence-corrected chi connectivity index (χ1v) is 4.66. The highest BCUT2D eigenvalue weighted by Crippen LogP contribution is 2.12. The molecule has 1 aromatic carbocycles. The zero-order valence-electron chi connectivity index (χ0n) is 9.02. The quantitative estimate of drug-likeness (QED) is 0.357. The van der Waals surface area contributed by atoms with Crippen LogP contribution in [0, 0.1) is 6.92 Å². The molecule has 0 saturated heterocycles. The Hall–Kier alpha value is -2.26. The monoisotopic (exact) mass is 217 g/mol. The summed E-state index contributed by atoms with van der Waals surface area (Å²) in [6.45, 7) is 2.98. The van der Waals surface area contributed by atoms with Crippen LogP contribution in [0.4, 0.5) is 5.69 Å². The largest absolute Gasteiger partial charge is 0.421 e. The van der Waals surface area contributed by atoms with Gasteiger partial charge in [-0.3, -0.25) is 9.59 Å². The van der Waals surface area contributed by atoms with Crippen LogP contribution < -0.4 is 5.32 Å². The van der Waals surface area contributed by atoms with Gasteiger partial charge in [-0.1, -0.05) is 18.2 Å². The maximum atomic E-state index is 11.5. The van der Waals surface area contributed by atoms with E-state index in [1.54, 1.807) is 12.1 Å². The predicted molar refractivity (Wildman–Crippen MR) is 59.1 cm³/mol. The molecular weight excluding hydrogens is 206 g/mol. The molecule has 0 heterocycles. The molecule has 0 bridgehead atoms. The van der Waals surface area contributed by atoms with E-state index in [0.29, 0.717) is 5.69 Å². The van der Waals surface area contributed by atoms with Crippen LogP contribution in [0.15, 0.2) is 24.3 Å². The van der Waals surface area contributed by atoms with Gasteiger partial charge in [-0.2, -0.15) is 4.79 Å². The number of para-hydroxylation sites is 1. The minimum atomic E-state index is -0.718. The highest BCUT2D eigenvalue weighted by molar-refractivity contribution is 6.65. The number of hydrogen-bond acceptors (Lipinski definition) is 2. The van der Waals surface area contributed by atoms with Crippen molar-refractivity contribution in [2.75, 3.05) is 5.32 Å². The number of amides is 1. The summed E-state index contributed by atoms with van der Waals surface area (Å²) in [4.78, 5) is 25.1. The Bertz CT molecular complexity index is 488. The minimum Gasteiger partial charge on any atom is -0.360 e. The van der Waals surface area contributed by atoms with Crippen LogP contribution in [0.5, 0.6) is 0 Å². The van der Waals surface area contributed by atoms with Crippen LogP contribution in [-0.4, -0.2) is 22.2 Å². The fourth-order valence-electron chi connectivity index (χ4n) is 1.17. The number of benzene rings is 1. The molecule has 0 aliphatic rings. The van der Waals surface area contributed by atoms with E-state index in [2.05, 4.69) is 10.1 Å². The second-order valence-corrected chi connectivity index (χ2v) is 3.27. The van der Waals surface area contributed by atoms with Gasteiger partial charge in [-0.05, 0) is 18.6 Å². The Kier molecular flexibility index (Phi) is 3.69. The lowest BCUT2D eigenvalue weighted by Gasteiger charge is -2.04. The first kappa shape index (κ1) is 11.8. The lowest BCUT2D eigenvalue weighted by atomic mass is 10.2. The third kappa shape index (κ3) is 2.62. The third-order valence-corrected chi connectivity index (χ3v) is 2.04. The van der Waals surface area contributed by atoms with Gasteiger partial charge in [-0.15, -0.1) is 0 Å². The molecule has 0 aliphatic carbocycles. The highest BCUT2D eigenvalue weighted by Gasteiger charge is 2.25. The number of carbonyl (C=O) groups is 2. The Morgan fingerprint density at radius 1 is 1.31 bits per heavy atom. The molecule has 5 nitrogen and oxygen atoms in total. The topological polar surface area (TPSA) is 82.6 Å². The van der Waals surface area contributed by atoms with Crippen LogP contribution >= 0.6 is 0 Å². The summed E-state index contributed by atoms with van der Waals surface area (Å²) < 4.78 is 0. The number of hydrogen-bond donors (Lipinski definition) is 1. The summed E-state index contributed by atoms with van der Waals surface area (Å²) in [6.07, 6.45) is 0. The first-order valence-electron chi connectivity index (χ1n) is 4.66. The van der Waals surface area contributed by atoms with Crippen LogP contribution in [0.2, 0.25) is 0 Å². The molecule has 0 saturated carbocycles. The average molecular weight is 217 g/mol. The molecule has 16 heavy (non-hydrogen) atoms. The molecule has 1 N–H and O–H groups in total. The number of aryl methyl sites for hydroxylation is 1. The molecule has 1 rings (SSSR count). The molecule has 0 radical (unpaired) electrons. The third-order valence-electron chi connectivity index (χ3n) is 2.04. The van der Waals surface area contributed by atoms with Crippen LogP contribution in [0.25, 0.3) is 5.53 Å². The van der Waals surface area contributed by atoms with Gasteiger partial charge in [0.1, 0.15) is 0 Å². The van der Waals surface area contributed by atoms with E-state index in [4.69, 9.17) is 5.53 Å². The summed E-state index contributed by atoms with van der Waals surface area (Å²) in [5, 5.41) is 2.49. The van der Waals surface area contributed by atoms with Gasteiger partial charge in [0.05, 0.1) is 0 Å². The van der Waals surface area contributed by atoms with Gasteiger partial charge >= 0.3 is 11.6 Å². The Morgan fingerprint density at radius 3 is 2.44 bits per heavy atom. The molecule has 82 valence electrons. The summed E-state index contributed by atoms with van der Waals surface area (Å²) in [6, 6.07) is 7.10. The summed E-state index contributed by atoms with van der Waals surface area (Å²) in [5.74, 6) is -1.31. The van der Waals surface area contributed by atoms with E-state index in [1.165, 1.54) is 0 Å². The molecule has 1 amide bonds. The standard InChI is InChI=1S/C11H11N3O2/c1-7-5-3-4-6-9(7)13-11(16)10(14-12)8(2)15/h3-6H,1-2H3,(H,13,16). The SMILES string of the molecule is CC(=O)C(=[N+]=[N-])C(=O)Nc1ccccc1C. The van der Waals surface area contributed by atoms with Gasteiger partial charge in [0.15, 0.2) is 0 Å².